The monoisotopic (exact) mass is 331 g/mol. The first-order valence-corrected chi connectivity index (χ1v) is 8.59. The second-order valence-corrected chi connectivity index (χ2v) is 6.18. The normalized spacial score (nSPS) is 15.8. The van der Waals surface area contributed by atoms with Gasteiger partial charge in [0.25, 0.3) is 0 Å². The van der Waals surface area contributed by atoms with Crippen molar-refractivity contribution in [3.05, 3.63) is 96.1 Å². The molecule has 1 aliphatic heterocycles. The van der Waals surface area contributed by atoms with Gasteiger partial charge in [-0.05, 0) is 29.8 Å². The largest absolute Gasteiger partial charge is 0.356 e. The number of para-hydroxylation sites is 1. The molecule has 0 amide bonds. The Morgan fingerprint density at radius 1 is 0.680 bits per heavy atom. The van der Waals surface area contributed by atoms with Gasteiger partial charge >= 0.3 is 0 Å². The third-order valence-corrected chi connectivity index (χ3v) is 4.42. The summed E-state index contributed by atoms with van der Waals surface area (Å²) >= 11 is 0. The van der Waals surface area contributed by atoms with Crippen molar-refractivity contribution in [1.29, 1.82) is 0 Å². The van der Waals surface area contributed by atoms with Crippen molar-refractivity contribution >= 4 is 11.4 Å². The molecule has 0 spiro atoms. The van der Waals surface area contributed by atoms with E-state index in [0.29, 0.717) is 19.6 Å². The molecule has 4 rings (SSSR count). The van der Waals surface area contributed by atoms with Crippen molar-refractivity contribution in [2.75, 3.05) is 18.5 Å². The Morgan fingerprint density at radius 2 is 1.24 bits per heavy atom. The van der Waals surface area contributed by atoms with Gasteiger partial charge in [0.15, 0.2) is 5.79 Å². The average Bonchev–Trinajstić information content (AvgIpc) is 3.14. The van der Waals surface area contributed by atoms with E-state index in [9.17, 15) is 0 Å². The van der Waals surface area contributed by atoms with Crippen LogP contribution in [0.1, 0.15) is 11.1 Å². The standard InChI is InChI=1S/C22H21NO2/c1-3-7-18(8-4-1)17-22(24-15-16-25-22)19-11-13-21(14-12-19)23-20-9-5-2-6-10-20/h1-14,23H,15-17H2. The number of rotatable bonds is 5. The lowest BCUT2D eigenvalue weighted by Gasteiger charge is -2.28. The number of nitrogens with one attached hydrogen (secondary N) is 1. The first-order chi connectivity index (χ1) is 12.3. The van der Waals surface area contributed by atoms with Gasteiger partial charge in [-0.1, -0.05) is 60.7 Å². The molecule has 0 radical (unpaired) electrons. The van der Waals surface area contributed by atoms with Crippen molar-refractivity contribution < 1.29 is 9.47 Å². The Balaban J connectivity index is 1.56. The molecule has 3 nitrogen and oxygen atoms in total. The fourth-order valence-electron chi connectivity index (χ4n) is 3.19. The van der Waals surface area contributed by atoms with Crippen molar-refractivity contribution in [2.24, 2.45) is 0 Å². The molecule has 25 heavy (non-hydrogen) atoms. The highest BCUT2D eigenvalue weighted by Crippen LogP contribution is 2.35. The minimum absolute atomic E-state index is 0.622. The fraction of sp³-hybridized carbons (Fsp3) is 0.182. The third kappa shape index (κ3) is 3.58. The lowest BCUT2D eigenvalue weighted by molar-refractivity contribution is -0.164. The van der Waals surface area contributed by atoms with Gasteiger partial charge in [-0.2, -0.15) is 0 Å². The van der Waals surface area contributed by atoms with E-state index in [2.05, 4.69) is 41.7 Å². The summed E-state index contributed by atoms with van der Waals surface area (Å²) in [6.45, 7) is 1.24. The van der Waals surface area contributed by atoms with Crippen molar-refractivity contribution in [3.8, 4) is 0 Å². The van der Waals surface area contributed by atoms with E-state index in [1.54, 1.807) is 0 Å². The zero-order valence-corrected chi connectivity index (χ0v) is 14.0. The van der Waals surface area contributed by atoms with E-state index >= 15 is 0 Å². The minimum atomic E-state index is -0.688. The maximum absolute atomic E-state index is 6.05. The number of hydrogen-bond acceptors (Lipinski definition) is 3. The van der Waals surface area contributed by atoms with Gasteiger partial charge in [-0.25, -0.2) is 0 Å². The molecule has 3 aromatic carbocycles. The highest BCUT2D eigenvalue weighted by Gasteiger charge is 2.38. The first-order valence-electron chi connectivity index (χ1n) is 8.59. The lowest BCUT2D eigenvalue weighted by Crippen LogP contribution is -2.30. The van der Waals surface area contributed by atoms with E-state index < -0.39 is 5.79 Å². The van der Waals surface area contributed by atoms with Crippen LogP contribution in [0.4, 0.5) is 11.4 Å². The van der Waals surface area contributed by atoms with Crippen LogP contribution in [-0.4, -0.2) is 13.2 Å². The molecule has 1 saturated heterocycles. The van der Waals surface area contributed by atoms with Crippen LogP contribution in [0.25, 0.3) is 0 Å². The summed E-state index contributed by atoms with van der Waals surface area (Å²) in [5.41, 5.74) is 4.37. The van der Waals surface area contributed by atoms with E-state index in [1.165, 1.54) is 5.56 Å². The predicted octanol–water partition coefficient (Wildman–Crippen LogP) is 4.87. The Hall–Kier alpha value is -2.62. The predicted molar refractivity (Wildman–Crippen MR) is 99.9 cm³/mol. The summed E-state index contributed by atoms with van der Waals surface area (Å²) in [6.07, 6.45) is 0.708. The van der Waals surface area contributed by atoms with Crippen LogP contribution in [0.2, 0.25) is 0 Å². The third-order valence-electron chi connectivity index (χ3n) is 4.42. The van der Waals surface area contributed by atoms with Crippen molar-refractivity contribution in [2.45, 2.75) is 12.2 Å². The van der Waals surface area contributed by atoms with Crippen LogP contribution in [0.15, 0.2) is 84.9 Å². The Bertz CT molecular complexity index is 794. The Morgan fingerprint density at radius 3 is 1.88 bits per heavy atom. The summed E-state index contributed by atoms with van der Waals surface area (Å²) in [7, 11) is 0. The van der Waals surface area contributed by atoms with Crippen LogP contribution in [0.5, 0.6) is 0 Å². The van der Waals surface area contributed by atoms with Crippen LogP contribution < -0.4 is 5.32 Å². The zero-order valence-electron chi connectivity index (χ0n) is 14.0. The van der Waals surface area contributed by atoms with Gasteiger partial charge in [0, 0.05) is 23.4 Å². The fourth-order valence-corrected chi connectivity index (χ4v) is 3.19. The number of benzene rings is 3. The summed E-state index contributed by atoms with van der Waals surface area (Å²) in [6, 6.07) is 28.8. The molecule has 3 aromatic rings. The molecular formula is C22H21NO2. The highest BCUT2D eigenvalue weighted by atomic mass is 16.7. The van der Waals surface area contributed by atoms with Gasteiger partial charge in [-0.3, -0.25) is 0 Å². The molecule has 0 unspecified atom stereocenters. The topological polar surface area (TPSA) is 30.5 Å². The van der Waals surface area contributed by atoms with E-state index in [4.69, 9.17) is 9.47 Å². The SMILES string of the molecule is c1ccc(CC2(c3ccc(Nc4ccccc4)cc3)OCCO2)cc1. The average molecular weight is 331 g/mol. The maximum Gasteiger partial charge on any atom is 0.199 e. The lowest BCUT2D eigenvalue weighted by atomic mass is 9.97. The molecule has 1 aliphatic rings. The van der Waals surface area contributed by atoms with Crippen LogP contribution in [0.3, 0.4) is 0 Å². The van der Waals surface area contributed by atoms with E-state index in [-0.39, 0.29) is 0 Å². The van der Waals surface area contributed by atoms with Crippen molar-refractivity contribution in [3.63, 3.8) is 0 Å². The van der Waals surface area contributed by atoms with Gasteiger partial charge in [0.2, 0.25) is 0 Å². The number of hydrogen-bond donors (Lipinski definition) is 1. The number of ether oxygens (including phenoxy) is 2. The summed E-state index contributed by atoms with van der Waals surface area (Å²) in [4.78, 5) is 0. The van der Waals surface area contributed by atoms with Gasteiger partial charge in [0.1, 0.15) is 0 Å². The summed E-state index contributed by atoms with van der Waals surface area (Å²) in [5, 5.41) is 3.40. The minimum Gasteiger partial charge on any atom is -0.356 e. The Kier molecular flexibility index (Phi) is 4.51. The molecular weight excluding hydrogens is 310 g/mol. The molecule has 0 saturated carbocycles. The Labute approximate surface area is 148 Å². The van der Waals surface area contributed by atoms with E-state index in [0.717, 1.165) is 16.9 Å². The maximum atomic E-state index is 6.05. The second-order valence-electron chi connectivity index (χ2n) is 6.18. The van der Waals surface area contributed by atoms with Gasteiger partial charge in [0.05, 0.1) is 13.2 Å². The molecule has 0 aromatic heterocycles. The summed E-state index contributed by atoms with van der Waals surface area (Å²) in [5.74, 6) is -0.688. The molecule has 0 atom stereocenters. The molecule has 0 bridgehead atoms. The van der Waals surface area contributed by atoms with E-state index in [1.807, 2.05) is 48.5 Å². The van der Waals surface area contributed by atoms with Crippen LogP contribution >= 0.6 is 0 Å². The summed E-state index contributed by atoms with van der Waals surface area (Å²) < 4.78 is 12.1. The molecule has 3 heteroatoms. The zero-order chi connectivity index (χ0) is 17.0. The van der Waals surface area contributed by atoms with Crippen LogP contribution in [0, 0.1) is 0 Å². The molecule has 1 fully saturated rings. The molecule has 1 heterocycles. The molecule has 126 valence electrons. The number of anilines is 2. The highest BCUT2D eigenvalue weighted by molar-refractivity contribution is 5.59. The van der Waals surface area contributed by atoms with Gasteiger partial charge in [-0.15, -0.1) is 0 Å². The van der Waals surface area contributed by atoms with Gasteiger partial charge < -0.3 is 14.8 Å². The molecule has 1 N–H and O–H groups in total. The van der Waals surface area contributed by atoms with Crippen molar-refractivity contribution in [1.82, 2.24) is 0 Å². The first kappa shape index (κ1) is 15.9. The second kappa shape index (κ2) is 7.09. The quantitative estimate of drug-likeness (QED) is 0.723. The molecule has 0 aliphatic carbocycles. The smallest absolute Gasteiger partial charge is 0.199 e. The van der Waals surface area contributed by atoms with Crippen LogP contribution in [-0.2, 0) is 21.7 Å².